The maximum atomic E-state index is 4.39. The van der Waals surface area contributed by atoms with Crippen molar-refractivity contribution in [3.63, 3.8) is 0 Å². The monoisotopic (exact) mass is 259 g/mol. The van der Waals surface area contributed by atoms with Crippen LogP contribution in [0.25, 0.3) is 10.2 Å². The molecule has 3 nitrogen and oxygen atoms in total. The van der Waals surface area contributed by atoms with E-state index < -0.39 is 0 Å². The number of hydrogen-bond donors (Lipinski definition) is 0. The van der Waals surface area contributed by atoms with Gasteiger partial charge in [-0.1, -0.05) is 29.5 Å². The molecule has 84 valence electrons. The second-order valence-electron chi connectivity index (χ2n) is 3.44. The van der Waals surface area contributed by atoms with E-state index in [2.05, 4.69) is 21.3 Å². The maximum Gasteiger partial charge on any atom is 0.230 e. The SMILES string of the molecule is c1csc(CN=Nc2nc3ccccc3s2)c1. The summed E-state index contributed by atoms with van der Waals surface area (Å²) in [4.78, 5) is 5.61. The number of aromatic nitrogens is 1. The summed E-state index contributed by atoms with van der Waals surface area (Å²) in [7, 11) is 0. The molecule has 0 saturated carbocycles. The third-order valence-corrected chi connectivity index (χ3v) is 4.03. The molecule has 0 N–H and O–H groups in total. The summed E-state index contributed by atoms with van der Waals surface area (Å²) < 4.78 is 1.15. The van der Waals surface area contributed by atoms with E-state index in [0.29, 0.717) is 6.54 Å². The quantitative estimate of drug-likeness (QED) is 0.631. The molecule has 0 amide bonds. The Bertz CT molecular complexity index is 608. The molecule has 3 aromatic rings. The van der Waals surface area contributed by atoms with Crippen molar-refractivity contribution in [3.8, 4) is 0 Å². The molecule has 0 atom stereocenters. The van der Waals surface area contributed by atoms with Crippen LogP contribution < -0.4 is 0 Å². The molecule has 0 saturated heterocycles. The van der Waals surface area contributed by atoms with Crippen LogP contribution >= 0.6 is 22.7 Å². The molecule has 0 aliphatic rings. The second kappa shape index (κ2) is 4.73. The summed E-state index contributed by atoms with van der Waals surface area (Å²) in [6, 6.07) is 12.1. The average molecular weight is 259 g/mol. The first-order valence-corrected chi connectivity index (χ1v) is 6.87. The highest BCUT2D eigenvalue weighted by atomic mass is 32.1. The van der Waals surface area contributed by atoms with E-state index in [1.807, 2.05) is 35.7 Å². The van der Waals surface area contributed by atoms with Gasteiger partial charge < -0.3 is 0 Å². The van der Waals surface area contributed by atoms with Gasteiger partial charge in [0, 0.05) is 4.88 Å². The summed E-state index contributed by atoms with van der Waals surface area (Å²) in [5.41, 5.74) is 0.988. The molecular weight excluding hydrogens is 250 g/mol. The van der Waals surface area contributed by atoms with Gasteiger partial charge in [-0.15, -0.1) is 16.5 Å². The summed E-state index contributed by atoms with van der Waals surface area (Å²) >= 11 is 3.26. The highest BCUT2D eigenvalue weighted by Gasteiger charge is 2.00. The van der Waals surface area contributed by atoms with E-state index in [0.717, 1.165) is 15.3 Å². The fourth-order valence-electron chi connectivity index (χ4n) is 1.47. The van der Waals surface area contributed by atoms with Crippen molar-refractivity contribution in [1.29, 1.82) is 0 Å². The normalized spacial score (nSPS) is 11.5. The van der Waals surface area contributed by atoms with Gasteiger partial charge >= 0.3 is 0 Å². The lowest BCUT2D eigenvalue weighted by Gasteiger charge is -1.85. The number of benzene rings is 1. The zero-order valence-electron chi connectivity index (χ0n) is 8.91. The van der Waals surface area contributed by atoms with E-state index in [1.54, 1.807) is 22.7 Å². The second-order valence-corrected chi connectivity index (χ2v) is 5.48. The lowest BCUT2D eigenvalue weighted by atomic mass is 10.3. The molecule has 2 heterocycles. The van der Waals surface area contributed by atoms with Crippen LogP contribution in [0, 0.1) is 0 Å². The van der Waals surface area contributed by atoms with Crippen LogP contribution in [0.2, 0.25) is 0 Å². The molecule has 0 fully saturated rings. The molecule has 1 aromatic carbocycles. The van der Waals surface area contributed by atoms with E-state index in [1.165, 1.54) is 4.88 Å². The Morgan fingerprint density at radius 2 is 2.06 bits per heavy atom. The first kappa shape index (κ1) is 10.6. The van der Waals surface area contributed by atoms with Crippen molar-refractivity contribution in [2.75, 3.05) is 0 Å². The number of hydrogen-bond acceptors (Lipinski definition) is 5. The molecule has 0 bridgehead atoms. The van der Waals surface area contributed by atoms with Gasteiger partial charge in [-0.25, -0.2) is 4.98 Å². The molecule has 0 unspecified atom stereocenters. The van der Waals surface area contributed by atoms with Gasteiger partial charge in [0.25, 0.3) is 0 Å². The third kappa shape index (κ3) is 2.40. The molecule has 2 aromatic heterocycles. The first-order chi connectivity index (χ1) is 8.42. The Morgan fingerprint density at radius 3 is 2.88 bits per heavy atom. The minimum absolute atomic E-state index is 0.633. The predicted octanol–water partition coefficient (Wildman–Crippen LogP) is 4.64. The zero-order valence-corrected chi connectivity index (χ0v) is 10.5. The van der Waals surface area contributed by atoms with Crippen LogP contribution in [0.1, 0.15) is 4.88 Å². The van der Waals surface area contributed by atoms with Crippen LogP contribution in [-0.2, 0) is 6.54 Å². The summed E-state index contributed by atoms with van der Waals surface area (Å²) in [5, 5.41) is 11.1. The highest BCUT2D eigenvalue weighted by molar-refractivity contribution is 7.21. The number of nitrogens with zero attached hydrogens (tertiary/aromatic N) is 3. The van der Waals surface area contributed by atoms with Crippen molar-refractivity contribution in [1.82, 2.24) is 4.98 Å². The van der Waals surface area contributed by atoms with Gasteiger partial charge in [-0.05, 0) is 23.6 Å². The average Bonchev–Trinajstić information content (AvgIpc) is 2.96. The van der Waals surface area contributed by atoms with Crippen LogP contribution in [0.15, 0.2) is 52.0 Å². The lowest BCUT2D eigenvalue weighted by molar-refractivity contribution is 0.975. The Kier molecular flexibility index (Phi) is 2.94. The molecule has 0 radical (unpaired) electrons. The van der Waals surface area contributed by atoms with Crippen LogP contribution in [-0.4, -0.2) is 4.98 Å². The summed E-state index contributed by atoms with van der Waals surface area (Å²) in [6.45, 7) is 0.633. The Labute approximate surface area is 106 Å². The third-order valence-electron chi connectivity index (χ3n) is 2.25. The first-order valence-electron chi connectivity index (χ1n) is 5.17. The molecular formula is C12H9N3S2. The number of thiazole rings is 1. The summed E-state index contributed by atoms with van der Waals surface area (Å²) in [6.07, 6.45) is 0. The van der Waals surface area contributed by atoms with Crippen LogP contribution in [0.4, 0.5) is 5.13 Å². The minimum Gasteiger partial charge on any atom is -0.217 e. The van der Waals surface area contributed by atoms with Crippen molar-refractivity contribution in [2.45, 2.75) is 6.54 Å². The van der Waals surface area contributed by atoms with E-state index in [-0.39, 0.29) is 0 Å². The molecule has 5 heteroatoms. The van der Waals surface area contributed by atoms with Gasteiger partial charge in [-0.3, -0.25) is 0 Å². The van der Waals surface area contributed by atoms with Crippen LogP contribution in [0.5, 0.6) is 0 Å². The molecule has 17 heavy (non-hydrogen) atoms. The number of fused-ring (bicyclic) bond motifs is 1. The van der Waals surface area contributed by atoms with Crippen molar-refractivity contribution in [2.24, 2.45) is 10.2 Å². The molecule has 0 aliphatic heterocycles. The van der Waals surface area contributed by atoms with E-state index >= 15 is 0 Å². The standard InChI is InChI=1S/C12H9N3S2/c1-2-6-11-10(5-1)14-12(17-11)15-13-8-9-4-3-7-16-9/h1-7H,8H2. The van der Waals surface area contributed by atoms with E-state index in [4.69, 9.17) is 0 Å². The van der Waals surface area contributed by atoms with Crippen LogP contribution in [0.3, 0.4) is 0 Å². The fourth-order valence-corrected chi connectivity index (χ4v) is 2.90. The topological polar surface area (TPSA) is 37.6 Å². The van der Waals surface area contributed by atoms with Crippen molar-refractivity contribution < 1.29 is 0 Å². The summed E-state index contributed by atoms with van der Waals surface area (Å²) in [5.74, 6) is 0. The predicted molar refractivity (Wildman–Crippen MR) is 72.2 cm³/mol. The maximum absolute atomic E-state index is 4.39. The zero-order chi connectivity index (χ0) is 11.5. The Hall–Kier alpha value is -1.59. The smallest absolute Gasteiger partial charge is 0.217 e. The lowest BCUT2D eigenvalue weighted by Crippen LogP contribution is -1.70. The largest absolute Gasteiger partial charge is 0.230 e. The molecule has 0 aliphatic carbocycles. The number of azo groups is 1. The molecule has 3 rings (SSSR count). The van der Waals surface area contributed by atoms with Gasteiger partial charge in [0.1, 0.15) is 0 Å². The number of para-hydroxylation sites is 1. The van der Waals surface area contributed by atoms with Crippen molar-refractivity contribution in [3.05, 3.63) is 46.7 Å². The van der Waals surface area contributed by atoms with Crippen molar-refractivity contribution >= 4 is 38.0 Å². The fraction of sp³-hybridized carbons (Fsp3) is 0.0833. The van der Waals surface area contributed by atoms with Gasteiger partial charge in [0.05, 0.1) is 16.8 Å². The Balaban J connectivity index is 1.78. The van der Waals surface area contributed by atoms with Gasteiger partial charge in [0.2, 0.25) is 5.13 Å². The number of thiophene rings is 1. The number of rotatable bonds is 3. The van der Waals surface area contributed by atoms with E-state index in [9.17, 15) is 0 Å². The van der Waals surface area contributed by atoms with Gasteiger partial charge in [0.15, 0.2) is 0 Å². The highest BCUT2D eigenvalue weighted by Crippen LogP contribution is 2.27. The molecule has 0 spiro atoms. The minimum atomic E-state index is 0.633. The Morgan fingerprint density at radius 1 is 1.12 bits per heavy atom. The van der Waals surface area contributed by atoms with Gasteiger partial charge in [-0.2, -0.15) is 5.11 Å².